The lowest BCUT2D eigenvalue weighted by Gasteiger charge is -2.62. The van der Waals surface area contributed by atoms with Crippen molar-refractivity contribution in [1.82, 2.24) is 5.32 Å². The lowest BCUT2D eigenvalue weighted by molar-refractivity contribution is -0.190. The smallest absolute Gasteiger partial charge is 0.293 e. The standard InChI is InChI=1S/C31H51NO6/c1-19(2)26(16-33)32-28(36)9-6-20(3)23-7-8-24-29-25(11-13-31(23,24)5)30(4)12-10-22(37-17-34)14-21(30)15-27(29)38-18-35/h17-27,29,33H,6-16H2,1-5H3,(H,32,36)/t20-,21+,22-,23-,24+,25+,26-,27+,29+,30+,31-/m1/s1. The van der Waals surface area contributed by atoms with Gasteiger partial charge in [-0.2, -0.15) is 0 Å². The molecule has 0 spiro atoms. The summed E-state index contributed by atoms with van der Waals surface area (Å²) in [5.74, 6) is 3.05. The molecule has 38 heavy (non-hydrogen) atoms. The van der Waals surface area contributed by atoms with E-state index in [1.165, 1.54) is 12.8 Å². The van der Waals surface area contributed by atoms with Crippen molar-refractivity contribution in [2.24, 2.45) is 52.3 Å². The molecule has 11 atom stereocenters. The van der Waals surface area contributed by atoms with Crippen LogP contribution in [-0.4, -0.2) is 48.8 Å². The number of rotatable bonds is 11. The van der Waals surface area contributed by atoms with Crippen LogP contribution < -0.4 is 5.32 Å². The Morgan fingerprint density at radius 1 is 0.974 bits per heavy atom. The molecule has 7 nitrogen and oxygen atoms in total. The molecule has 1 amide bonds. The summed E-state index contributed by atoms with van der Waals surface area (Å²) in [6.07, 6.45) is 9.65. The maximum atomic E-state index is 12.6. The summed E-state index contributed by atoms with van der Waals surface area (Å²) in [6, 6.07) is -0.187. The predicted molar refractivity (Wildman–Crippen MR) is 145 cm³/mol. The number of aliphatic hydroxyl groups is 1. The van der Waals surface area contributed by atoms with Crippen LogP contribution in [0.5, 0.6) is 0 Å². The first-order valence-electron chi connectivity index (χ1n) is 15.2. The second kappa shape index (κ2) is 11.9. The van der Waals surface area contributed by atoms with E-state index >= 15 is 0 Å². The molecule has 0 bridgehead atoms. The Labute approximate surface area is 229 Å². The summed E-state index contributed by atoms with van der Waals surface area (Å²) in [5.41, 5.74) is 0.382. The van der Waals surface area contributed by atoms with Gasteiger partial charge in [-0.25, -0.2) is 0 Å². The summed E-state index contributed by atoms with van der Waals surface area (Å²) in [6.45, 7) is 12.5. The topological polar surface area (TPSA) is 102 Å². The molecular weight excluding hydrogens is 482 g/mol. The van der Waals surface area contributed by atoms with Gasteiger partial charge in [-0.1, -0.05) is 34.6 Å². The van der Waals surface area contributed by atoms with Gasteiger partial charge in [0.25, 0.3) is 12.9 Å². The van der Waals surface area contributed by atoms with Gasteiger partial charge in [0.2, 0.25) is 5.91 Å². The third kappa shape index (κ3) is 5.38. The first-order valence-corrected chi connectivity index (χ1v) is 15.2. The Bertz CT molecular complexity index is 848. The fourth-order valence-electron chi connectivity index (χ4n) is 9.81. The highest BCUT2D eigenvalue weighted by Gasteiger charge is 2.63. The normalized spacial score (nSPS) is 41.7. The molecule has 0 saturated heterocycles. The minimum atomic E-state index is -0.187. The Morgan fingerprint density at radius 2 is 1.66 bits per heavy atom. The lowest BCUT2D eigenvalue weighted by atomic mass is 9.43. The van der Waals surface area contributed by atoms with Gasteiger partial charge in [0, 0.05) is 12.3 Å². The van der Waals surface area contributed by atoms with Crippen molar-refractivity contribution in [2.45, 2.75) is 117 Å². The second-order valence-corrected chi connectivity index (χ2v) is 14.0. The van der Waals surface area contributed by atoms with Crippen LogP contribution in [0.25, 0.3) is 0 Å². The van der Waals surface area contributed by atoms with Crippen LogP contribution in [-0.2, 0) is 23.9 Å². The number of fused-ring (bicyclic) bond motifs is 5. The summed E-state index contributed by atoms with van der Waals surface area (Å²) < 4.78 is 11.3. The largest absolute Gasteiger partial charge is 0.465 e. The van der Waals surface area contributed by atoms with Gasteiger partial charge in [-0.15, -0.1) is 0 Å². The Morgan fingerprint density at radius 3 is 2.32 bits per heavy atom. The van der Waals surface area contributed by atoms with Crippen molar-refractivity contribution in [1.29, 1.82) is 0 Å². The average molecular weight is 534 g/mol. The molecule has 4 fully saturated rings. The molecule has 0 unspecified atom stereocenters. The minimum Gasteiger partial charge on any atom is -0.465 e. The van der Waals surface area contributed by atoms with E-state index in [-0.39, 0.29) is 47.5 Å². The number of hydrogen-bond acceptors (Lipinski definition) is 6. The maximum absolute atomic E-state index is 12.6. The van der Waals surface area contributed by atoms with Crippen molar-refractivity contribution in [3.05, 3.63) is 0 Å². The van der Waals surface area contributed by atoms with Crippen LogP contribution in [0.15, 0.2) is 0 Å². The van der Waals surface area contributed by atoms with Crippen LogP contribution in [0, 0.1) is 52.3 Å². The SMILES string of the molecule is CC(C)[C@@H](CO)NC(=O)CC[C@@H](C)[C@H]1CC[C@H]2[C@@H]3[C@@H](OC=O)C[C@@H]4C[C@H](OC=O)CC[C@]4(C)[C@H]3CC[C@]12C. The molecule has 0 aromatic carbocycles. The number of nitrogens with one attached hydrogen (secondary N) is 1. The molecule has 4 aliphatic carbocycles. The van der Waals surface area contributed by atoms with Crippen molar-refractivity contribution in [3.8, 4) is 0 Å². The molecule has 2 N–H and O–H groups in total. The van der Waals surface area contributed by atoms with E-state index < -0.39 is 0 Å². The molecule has 0 radical (unpaired) electrons. The van der Waals surface area contributed by atoms with Gasteiger partial charge >= 0.3 is 0 Å². The average Bonchev–Trinajstić information content (AvgIpc) is 3.24. The zero-order chi connectivity index (χ0) is 27.7. The van der Waals surface area contributed by atoms with E-state index in [0.717, 1.165) is 44.9 Å². The highest BCUT2D eigenvalue weighted by molar-refractivity contribution is 5.76. The third-order valence-corrected chi connectivity index (χ3v) is 12.0. The number of carbonyl (C=O) groups excluding carboxylic acids is 3. The van der Waals surface area contributed by atoms with Crippen LogP contribution >= 0.6 is 0 Å². The van der Waals surface area contributed by atoms with Crippen LogP contribution in [0.3, 0.4) is 0 Å². The Hall–Kier alpha value is -1.63. The number of amides is 1. The van der Waals surface area contributed by atoms with E-state index in [1.807, 2.05) is 13.8 Å². The van der Waals surface area contributed by atoms with E-state index in [2.05, 4.69) is 26.1 Å². The van der Waals surface area contributed by atoms with Crippen molar-refractivity contribution in [2.75, 3.05) is 6.61 Å². The third-order valence-electron chi connectivity index (χ3n) is 12.0. The Kier molecular flexibility index (Phi) is 9.16. The van der Waals surface area contributed by atoms with Gasteiger partial charge in [0.15, 0.2) is 0 Å². The molecule has 0 aromatic heterocycles. The van der Waals surface area contributed by atoms with E-state index in [9.17, 15) is 19.5 Å². The van der Waals surface area contributed by atoms with E-state index in [0.29, 0.717) is 54.9 Å². The van der Waals surface area contributed by atoms with Gasteiger partial charge < -0.3 is 19.9 Å². The summed E-state index contributed by atoms with van der Waals surface area (Å²) in [7, 11) is 0. The lowest BCUT2D eigenvalue weighted by Crippen LogP contribution is -2.59. The molecule has 4 saturated carbocycles. The summed E-state index contributed by atoms with van der Waals surface area (Å²) >= 11 is 0. The first kappa shape index (κ1) is 29.4. The highest BCUT2D eigenvalue weighted by atomic mass is 16.5. The number of hydrogen-bond donors (Lipinski definition) is 2. The first-order chi connectivity index (χ1) is 18.1. The number of aliphatic hydroxyl groups excluding tert-OH is 1. The predicted octanol–water partition coefficient (Wildman–Crippen LogP) is 4.89. The monoisotopic (exact) mass is 533 g/mol. The van der Waals surface area contributed by atoms with Gasteiger partial charge in [0.05, 0.1) is 12.6 Å². The van der Waals surface area contributed by atoms with Crippen molar-refractivity contribution < 1.29 is 29.0 Å². The summed E-state index contributed by atoms with van der Waals surface area (Å²) in [5, 5.41) is 12.6. The molecule has 4 rings (SSSR count). The number of carbonyl (C=O) groups is 3. The quantitative estimate of drug-likeness (QED) is 0.367. The molecule has 7 heteroatoms. The zero-order valence-electron chi connectivity index (χ0n) is 24.2. The molecule has 0 heterocycles. The Balaban J connectivity index is 1.46. The maximum Gasteiger partial charge on any atom is 0.293 e. The van der Waals surface area contributed by atoms with E-state index in [1.54, 1.807) is 0 Å². The summed E-state index contributed by atoms with van der Waals surface area (Å²) in [4.78, 5) is 35.3. The molecule has 216 valence electrons. The van der Waals surface area contributed by atoms with Crippen LogP contribution in [0.4, 0.5) is 0 Å². The van der Waals surface area contributed by atoms with Crippen LogP contribution in [0.2, 0.25) is 0 Å². The van der Waals surface area contributed by atoms with Crippen LogP contribution in [0.1, 0.15) is 98.8 Å². The fraction of sp³-hybridized carbons (Fsp3) is 0.903. The van der Waals surface area contributed by atoms with Gasteiger partial charge in [-0.3, -0.25) is 14.4 Å². The zero-order valence-corrected chi connectivity index (χ0v) is 24.2. The molecule has 4 aliphatic rings. The molecule has 0 aromatic rings. The van der Waals surface area contributed by atoms with Crippen molar-refractivity contribution >= 4 is 18.9 Å². The van der Waals surface area contributed by atoms with Crippen molar-refractivity contribution in [3.63, 3.8) is 0 Å². The minimum absolute atomic E-state index is 0.0185. The molecular formula is C31H51NO6. The number of ether oxygens (including phenoxy) is 2. The van der Waals surface area contributed by atoms with Gasteiger partial charge in [0.1, 0.15) is 12.2 Å². The second-order valence-electron chi connectivity index (χ2n) is 14.0. The van der Waals surface area contributed by atoms with E-state index in [4.69, 9.17) is 9.47 Å². The highest BCUT2D eigenvalue weighted by Crippen LogP contribution is 2.68. The van der Waals surface area contributed by atoms with Gasteiger partial charge in [-0.05, 0) is 104 Å². The molecule has 0 aliphatic heterocycles. The fourth-order valence-corrected chi connectivity index (χ4v) is 9.81.